The maximum absolute atomic E-state index is 13.4. The summed E-state index contributed by atoms with van der Waals surface area (Å²) in [6, 6.07) is 6.77. The minimum absolute atomic E-state index is 0.0264. The molecular formula is C32H33F3N4O6S. The van der Waals surface area contributed by atoms with Crippen LogP contribution in [0.25, 0.3) is 32.6 Å². The number of piperidine rings is 1. The number of aromatic carboxylic acids is 1. The van der Waals surface area contributed by atoms with Crippen LogP contribution in [0.4, 0.5) is 13.2 Å². The summed E-state index contributed by atoms with van der Waals surface area (Å²) < 4.78 is 42.1. The van der Waals surface area contributed by atoms with Crippen LogP contribution in [0.2, 0.25) is 0 Å². The van der Waals surface area contributed by atoms with Crippen LogP contribution in [0.1, 0.15) is 60.8 Å². The number of alkyl halides is 3. The van der Waals surface area contributed by atoms with E-state index >= 15 is 0 Å². The van der Waals surface area contributed by atoms with Gasteiger partial charge in [0.2, 0.25) is 5.43 Å². The molecule has 0 bridgehead atoms. The van der Waals surface area contributed by atoms with Crippen LogP contribution in [-0.2, 0) is 28.7 Å². The minimum Gasteiger partial charge on any atom is -0.483 e. The fourth-order valence-corrected chi connectivity index (χ4v) is 6.43. The zero-order valence-corrected chi connectivity index (χ0v) is 26.0. The van der Waals surface area contributed by atoms with Crippen LogP contribution in [0.5, 0.6) is 0 Å². The lowest BCUT2D eigenvalue weighted by Gasteiger charge is -2.33. The Hall–Kier alpha value is -4.43. The summed E-state index contributed by atoms with van der Waals surface area (Å²) in [5.41, 5.74) is 0.133. The van der Waals surface area contributed by atoms with Gasteiger partial charge < -0.3 is 19.7 Å². The molecule has 14 heteroatoms. The van der Waals surface area contributed by atoms with Gasteiger partial charge in [-0.05, 0) is 56.6 Å². The minimum atomic E-state index is -4.63. The first-order chi connectivity index (χ1) is 21.9. The summed E-state index contributed by atoms with van der Waals surface area (Å²) in [5.74, 6) is -1.38. The number of carbonyl (C=O) groups is 3. The molecule has 4 aromatic rings. The third kappa shape index (κ3) is 7.85. The number of rotatable bonds is 9. The zero-order chi connectivity index (χ0) is 33.6. The molecule has 5 rings (SSSR count). The lowest BCUT2D eigenvalue weighted by molar-refractivity contribution is -0.140. The molecule has 1 aliphatic heterocycles. The van der Waals surface area contributed by atoms with Crippen LogP contribution in [-0.4, -0.2) is 67.5 Å². The summed E-state index contributed by atoms with van der Waals surface area (Å²) in [6.07, 6.45) is 2.37. The molecule has 46 heavy (non-hydrogen) atoms. The molecule has 4 heterocycles. The second-order valence-electron chi connectivity index (χ2n) is 11.0. The van der Waals surface area contributed by atoms with Crippen molar-refractivity contribution in [1.82, 2.24) is 19.4 Å². The van der Waals surface area contributed by atoms with Crippen molar-refractivity contribution < 1.29 is 37.8 Å². The number of ketones is 1. The number of likely N-dealkylation sites (tertiary alicyclic amines) is 1. The molecule has 0 saturated carbocycles. The number of halogens is 3. The van der Waals surface area contributed by atoms with E-state index in [2.05, 4.69) is 14.9 Å². The molecule has 1 atom stereocenters. The Morgan fingerprint density at radius 3 is 2.54 bits per heavy atom. The highest BCUT2D eigenvalue weighted by atomic mass is 32.1. The van der Waals surface area contributed by atoms with E-state index in [1.807, 2.05) is 14.0 Å². The Bertz CT molecular complexity index is 1800. The van der Waals surface area contributed by atoms with Crippen molar-refractivity contribution in [2.45, 2.75) is 64.2 Å². The third-order valence-corrected chi connectivity index (χ3v) is 8.72. The van der Waals surface area contributed by atoms with Crippen LogP contribution >= 0.6 is 11.3 Å². The van der Waals surface area contributed by atoms with E-state index in [0.29, 0.717) is 47.3 Å². The number of hydrogen-bond acceptors (Lipinski definition) is 8. The fourth-order valence-electron chi connectivity index (χ4n) is 5.57. The first kappa shape index (κ1) is 34.4. The molecular weight excluding hydrogens is 625 g/mol. The van der Waals surface area contributed by atoms with Gasteiger partial charge in [0.15, 0.2) is 5.69 Å². The Labute approximate surface area is 266 Å². The largest absolute Gasteiger partial charge is 0.483 e. The maximum Gasteiger partial charge on any atom is 0.434 e. The van der Waals surface area contributed by atoms with Crippen molar-refractivity contribution in [3.8, 4) is 21.7 Å². The lowest BCUT2D eigenvalue weighted by atomic mass is 9.97. The fraction of sp³-hybridized carbons (Fsp3) is 0.375. The van der Waals surface area contributed by atoms with Crippen molar-refractivity contribution in [1.29, 1.82) is 0 Å². The highest BCUT2D eigenvalue weighted by Gasteiger charge is 2.34. The Morgan fingerprint density at radius 1 is 1.17 bits per heavy atom. The number of carboxylic acid groups (broad SMARTS) is 2. The SMILES string of the molecule is CCCC(=O)Cc1cc(-c2nc(C(F)(F)F)cs2)c(-c2ccc3c(c2)c(=O)c(C(=O)O)cn3CC2CCCCN2C)cn1.O=CO. The molecule has 10 nitrogen and oxygen atoms in total. The van der Waals surface area contributed by atoms with E-state index < -0.39 is 23.3 Å². The number of pyridine rings is 2. The second kappa shape index (κ2) is 14.8. The number of carbonyl (C=O) groups excluding carboxylic acids is 1. The smallest absolute Gasteiger partial charge is 0.434 e. The average molecular weight is 659 g/mol. The average Bonchev–Trinajstić information content (AvgIpc) is 3.51. The predicted molar refractivity (Wildman–Crippen MR) is 167 cm³/mol. The van der Waals surface area contributed by atoms with Gasteiger partial charge in [0.1, 0.15) is 16.4 Å². The van der Waals surface area contributed by atoms with E-state index in [1.54, 1.807) is 28.8 Å². The molecule has 0 aliphatic carbocycles. The molecule has 1 unspecified atom stereocenters. The van der Waals surface area contributed by atoms with Gasteiger partial charge in [-0.1, -0.05) is 19.4 Å². The molecule has 1 aromatic carbocycles. The van der Waals surface area contributed by atoms with Crippen LogP contribution in [0.3, 0.4) is 0 Å². The van der Waals surface area contributed by atoms with Crippen molar-refractivity contribution in [2.24, 2.45) is 0 Å². The Morgan fingerprint density at radius 2 is 1.91 bits per heavy atom. The molecule has 0 amide bonds. The predicted octanol–water partition coefficient (Wildman–Crippen LogP) is 6.00. The molecule has 1 saturated heterocycles. The number of hydrogen-bond donors (Lipinski definition) is 2. The van der Waals surface area contributed by atoms with E-state index in [1.165, 1.54) is 12.4 Å². The number of likely N-dealkylation sites (N-methyl/N-ethyl adjacent to an activating group) is 1. The highest BCUT2D eigenvalue weighted by molar-refractivity contribution is 7.13. The van der Waals surface area contributed by atoms with Crippen molar-refractivity contribution >= 4 is 40.5 Å². The quantitative estimate of drug-likeness (QED) is 0.207. The molecule has 3 aromatic heterocycles. The summed E-state index contributed by atoms with van der Waals surface area (Å²) in [7, 11) is 2.03. The number of fused-ring (bicyclic) bond motifs is 1. The first-order valence-electron chi connectivity index (χ1n) is 14.6. The summed E-state index contributed by atoms with van der Waals surface area (Å²) >= 11 is 0.819. The molecule has 2 N–H and O–H groups in total. The normalized spacial score (nSPS) is 15.3. The number of thiazole rings is 1. The highest BCUT2D eigenvalue weighted by Crippen LogP contribution is 2.38. The number of aromatic nitrogens is 3. The van der Waals surface area contributed by atoms with Crippen molar-refractivity contribution in [3.63, 3.8) is 0 Å². The van der Waals surface area contributed by atoms with Gasteiger partial charge >= 0.3 is 12.1 Å². The zero-order valence-electron chi connectivity index (χ0n) is 25.2. The summed E-state index contributed by atoms with van der Waals surface area (Å²) in [4.78, 5) is 56.6. The van der Waals surface area contributed by atoms with Gasteiger partial charge in [0.05, 0.1) is 5.52 Å². The van der Waals surface area contributed by atoms with Gasteiger partial charge in [-0.25, -0.2) is 9.78 Å². The topological polar surface area (TPSA) is 143 Å². The number of carboxylic acids is 1. The molecule has 1 fully saturated rings. The van der Waals surface area contributed by atoms with Crippen molar-refractivity contribution in [2.75, 3.05) is 13.6 Å². The number of nitrogens with zero attached hydrogens (tertiary/aromatic N) is 4. The van der Waals surface area contributed by atoms with E-state index in [9.17, 15) is 32.7 Å². The third-order valence-electron chi connectivity index (χ3n) is 7.84. The summed E-state index contributed by atoms with van der Waals surface area (Å²) in [6.45, 7) is 3.06. The first-order valence-corrected chi connectivity index (χ1v) is 15.5. The van der Waals surface area contributed by atoms with Crippen LogP contribution in [0.15, 0.2) is 46.8 Å². The molecule has 0 spiro atoms. The molecule has 0 radical (unpaired) electrons. The molecule has 244 valence electrons. The number of Topliss-reactive ketones (excluding diaryl/α,β-unsaturated/α-hetero) is 1. The van der Waals surface area contributed by atoms with Crippen LogP contribution in [0, 0.1) is 0 Å². The lowest BCUT2D eigenvalue weighted by Crippen LogP contribution is -2.39. The van der Waals surface area contributed by atoms with E-state index in [0.717, 1.165) is 42.5 Å². The molecule has 1 aliphatic rings. The van der Waals surface area contributed by atoms with Gasteiger partial charge in [-0.2, -0.15) is 13.2 Å². The monoisotopic (exact) mass is 658 g/mol. The van der Waals surface area contributed by atoms with E-state index in [-0.39, 0.29) is 40.7 Å². The van der Waals surface area contributed by atoms with Gasteiger partial charge in [-0.3, -0.25) is 19.4 Å². The standard InChI is InChI=1S/C31H31F3N4O4S.CH2O2/c1-3-6-21(39)12-19-13-22(29-36-27(17-43-29)31(32,33)34)24(14-35-19)18-8-9-26-23(11-18)28(40)25(30(41)42)16-38(26)15-20-7-4-5-10-37(20)2;2-1-3/h8-9,11,13-14,16-17,20H,3-7,10,12,15H2,1-2H3,(H,41,42);1H,(H,2,3). The van der Waals surface area contributed by atoms with Crippen LogP contribution < -0.4 is 5.43 Å². The van der Waals surface area contributed by atoms with Gasteiger partial charge in [0.25, 0.3) is 6.47 Å². The summed E-state index contributed by atoms with van der Waals surface area (Å²) in [5, 5.41) is 17.9. The number of benzene rings is 1. The van der Waals surface area contributed by atoms with E-state index in [4.69, 9.17) is 9.90 Å². The van der Waals surface area contributed by atoms with Gasteiger partial charge in [-0.15, -0.1) is 11.3 Å². The van der Waals surface area contributed by atoms with Crippen molar-refractivity contribution in [3.05, 3.63) is 69.2 Å². The maximum atomic E-state index is 13.4. The van der Waals surface area contributed by atoms with Gasteiger partial charge in [0, 0.05) is 65.4 Å². The Kier molecular flexibility index (Phi) is 11.1. The Balaban J connectivity index is 0.00000154. The second-order valence-corrected chi connectivity index (χ2v) is 11.9.